The van der Waals surface area contributed by atoms with Crippen molar-refractivity contribution >= 4 is 38.9 Å². The summed E-state index contributed by atoms with van der Waals surface area (Å²) in [5.74, 6) is -0.129. The van der Waals surface area contributed by atoms with E-state index in [1.165, 1.54) is 12.1 Å². The minimum Gasteiger partial charge on any atom is -0.495 e. The molecule has 0 N–H and O–H groups in total. The quantitative estimate of drug-likeness (QED) is 0.379. The summed E-state index contributed by atoms with van der Waals surface area (Å²) >= 11 is 6.19. The highest BCUT2D eigenvalue weighted by atomic mass is 35.5. The summed E-state index contributed by atoms with van der Waals surface area (Å²) in [5, 5.41) is 0.0912. The van der Waals surface area contributed by atoms with E-state index in [0.717, 1.165) is 36.7 Å². The summed E-state index contributed by atoms with van der Waals surface area (Å²) in [6.45, 7) is 1.75. The number of likely N-dealkylation sites (tertiary alicyclic amines) is 1. The van der Waals surface area contributed by atoms with Crippen LogP contribution in [0.4, 0.5) is 15.8 Å². The average Bonchev–Trinajstić information content (AvgIpc) is 3.59. The van der Waals surface area contributed by atoms with Crippen LogP contribution in [0.3, 0.4) is 0 Å². The Labute approximate surface area is 251 Å². The first-order valence-electron chi connectivity index (χ1n) is 14.2. The molecule has 0 saturated carbocycles. The first kappa shape index (κ1) is 28.8. The number of amides is 1. The molecule has 11 heteroatoms. The number of likely N-dealkylation sites (N-methyl/N-ethyl adjacent to an activating group) is 1. The van der Waals surface area contributed by atoms with Gasteiger partial charge in [-0.3, -0.25) is 4.79 Å². The molecular weight excluding hydrogens is 579 g/mol. The molecule has 3 aromatic carbocycles. The topological polar surface area (TPSA) is 73.4 Å². The Morgan fingerprint density at radius 2 is 1.69 bits per heavy atom. The van der Waals surface area contributed by atoms with Gasteiger partial charge in [0.15, 0.2) is 0 Å². The molecule has 3 aromatic rings. The summed E-state index contributed by atoms with van der Waals surface area (Å²) in [4.78, 5) is 19.7. The van der Waals surface area contributed by atoms with Crippen LogP contribution in [0.1, 0.15) is 29.6 Å². The van der Waals surface area contributed by atoms with Gasteiger partial charge in [0.05, 0.1) is 28.3 Å². The van der Waals surface area contributed by atoms with Crippen molar-refractivity contribution in [3.8, 4) is 5.75 Å². The van der Waals surface area contributed by atoms with Gasteiger partial charge in [-0.1, -0.05) is 29.8 Å². The van der Waals surface area contributed by atoms with Crippen LogP contribution < -0.4 is 14.5 Å². The highest BCUT2D eigenvalue weighted by molar-refractivity contribution is 7.89. The normalized spacial score (nSPS) is 22.4. The highest BCUT2D eigenvalue weighted by Gasteiger charge is 2.43. The molecule has 0 spiro atoms. The maximum atomic E-state index is 13.9. The molecule has 3 aliphatic heterocycles. The van der Waals surface area contributed by atoms with Crippen molar-refractivity contribution in [2.24, 2.45) is 0 Å². The number of methoxy groups -OCH3 is 1. The van der Waals surface area contributed by atoms with E-state index < -0.39 is 15.8 Å². The number of benzene rings is 3. The second kappa shape index (κ2) is 11.4. The Kier molecular flexibility index (Phi) is 7.80. The fourth-order valence-electron chi connectivity index (χ4n) is 6.60. The van der Waals surface area contributed by atoms with Crippen molar-refractivity contribution in [1.82, 2.24) is 9.21 Å². The maximum Gasteiger partial charge on any atom is 0.255 e. The SMILES string of the molecule is COc1ccc(S(=O)(=O)N2CC[C@H](N(C)c3ccccc3)C2)cc1N1[C@@H]2CC[C@H]1CN(C(=O)c1ccc(F)cc1Cl)C2. The maximum absolute atomic E-state index is 13.9. The molecule has 2 bridgehead atoms. The van der Waals surface area contributed by atoms with Crippen molar-refractivity contribution in [3.63, 3.8) is 0 Å². The van der Waals surface area contributed by atoms with Gasteiger partial charge in [0.1, 0.15) is 11.6 Å². The molecule has 3 atom stereocenters. The van der Waals surface area contributed by atoms with Gasteiger partial charge in [-0.2, -0.15) is 4.31 Å². The van der Waals surface area contributed by atoms with E-state index in [9.17, 15) is 17.6 Å². The minimum absolute atomic E-state index is 0.0190. The molecule has 3 heterocycles. The minimum atomic E-state index is -3.74. The predicted molar refractivity (Wildman–Crippen MR) is 162 cm³/mol. The number of hydrogen-bond donors (Lipinski definition) is 0. The van der Waals surface area contributed by atoms with E-state index in [0.29, 0.717) is 31.9 Å². The summed E-state index contributed by atoms with van der Waals surface area (Å²) in [7, 11) is -0.157. The van der Waals surface area contributed by atoms with E-state index in [2.05, 4.69) is 9.80 Å². The van der Waals surface area contributed by atoms with Gasteiger partial charge in [0.25, 0.3) is 5.91 Å². The van der Waals surface area contributed by atoms with Gasteiger partial charge in [0, 0.05) is 57.0 Å². The largest absolute Gasteiger partial charge is 0.495 e. The summed E-state index contributed by atoms with van der Waals surface area (Å²) in [6.07, 6.45) is 2.45. The third-order valence-electron chi connectivity index (χ3n) is 8.83. The second-order valence-electron chi connectivity index (χ2n) is 11.2. The molecule has 6 rings (SSSR count). The van der Waals surface area contributed by atoms with Gasteiger partial charge in [-0.05, 0) is 67.8 Å². The third-order valence-corrected chi connectivity index (χ3v) is 11.0. The number of piperazine rings is 1. The summed E-state index contributed by atoms with van der Waals surface area (Å²) in [6, 6.07) is 18.9. The van der Waals surface area contributed by atoms with Gasteiger partial charge < -0.3 is 19.4 Å². The van der Waals surface area contributed by atoms with Crippen LogP contribution in [0.15, 0.2) is 71.6 Å². The van der Waals surface area contributed by atoms with E-state index in [4.69, 9.17) is 16.3 Å². The zero-order valence-electron chi connectivity index (χ0n) is 23.6. The zero-order valence-corrected chi connectivity index (χ0v) is 25.2. The van der Waals surface area contributed by atoms with Gasteiger partial charge in [0.2, 0.25) is 10.0 Å². The number of anilines is 2. The highest BCUT2D eigenvalue weighted by Crippen LogP contribution is 2.42. The summed E-state index contributed by atoms with van der Waals surface area (Å²) in [5.41, 5.74) is 2.05. The monoisotopic (exact) mass is 612 g/mol. The predicted octanol–water partition coefficient (Wildman–Crippen LogP) is 4.88. The molecule has 0 unspecified atom stereocenters. The van der Waals surface area contributed by atoms with Crippen LogP contribution in [0.5, 0.6) is 5.75 Å². The van der Waals surface area contributed by atoms with Crippen LogP contribution in [-0.2, 0) is 10.0 Å². The van der Waals surface area contributed by atoms with E-state index >= 15 is 0 Å². The number of carbonyl (C=O) groups excluding carboxylic acids is 1. The third kappa shape index (κ3) is 5.20. The second-order valence-corrected chi connectivity index (χ2v) is 13.6. The molecule has 222 valence electrons. The number of hydrogen-bond acceptors (Lipinski definition) is 6. The molecular formula is C31H34ClFN4O4S. The van der Waals surface area contributed by atoms with Crippen LogP contribution in [-0.4, -0.2) is 82.0 Å². The van der Waals surface area contributed by atoms with Gasteiger partial charge in [-0.15, -0.1) is 0 Å². The molecule has 3 saturated heterocycles. The summed E-state index contributed by atoms with van der Waals surface area (Å²) < 4.78 is 48.6. The fraction of sp³-hybridized carbons (Fsp3) is 0.387. The molecule has 0 radical (unpaired) electrons. The lowest BCUT2D eigenvalue weighted by molar-refractivity contribution is 0.0718. The number of carbonyl (C=O) groups is 1. The number of fused-ring (bicyclic) bond motifs is 2. The van der Waals surface area contributed by atoms with Crippen molar-refractivity contribution < 1.29 is 22.3 Å². The number of sulfonamides is 1. The Balaban J connectivity index is 1.22. The average molecular weight is 613 g/mol. The van der Waals surface area contributed by atoms with Crippen LogP contribution in [0.2, 0.25) is 5.02 Å². The fourth-order valence-corrected chi connectivity index (χ4v) is 8.36. The lowest BCUT2D eigenvalue weighted by Crippen LogP contribution is -2.55. The first-order valence-corrected chi connectivity index (χ1v) is 16.0. The van der Waals surface area contributed by atoms with E-state index in [-0.39, 0.29) is 39.5 Å². The lowest BCUT2D eigenvalue weighted by atomic mass is 10.1. The Morgan fingerprint density at radius 1 is 0.976 bits per heavy atom. The van der Waals surface area contributed by atoms with Crippen molar-refractivity contribution in [1.29, 1.82) is 0 Å². The molecule has 0 aromatic heterocycles. The van der Waals surface area contributed by atoms with Crippen LogP contribution in [0, 0.1) is 5.82 Å². The molecule has 42 heavy (non-hydrogen) atoms. The molecule has 0 aliphatic carbocycles. The molecule has 3 aliphatic rings. The smallest absolute Gasteiger partial charge is 0.255 e. The standard InChI is InChI=1S/C31H34ClFN4O4S/c1-34(22-6-4-3-5-7-22)23-14-15-36(20-23)42(39,40)26-11-13-30(41-2)29(17-26)37-24-9-10-25(37)19-35(18-24)31(38)27-12-8-21(33)16-28(27)32/h3-8,11-13,16-17,23-25H,9-10,14-15,18-20H2,1-2H3/t23-,24-,25+/m0/s1. The Morgan fingerprint density at radius 3 is 2.36 bits per heavy atom. The molecule has 8 nitrogen and oxygen atoms in total. The van der Waals surface area contributed by atoms with E-state index in [1.807, 2.05) is 37.4 Å². The van der Waals surface area contributed by atoms with E-state index in [1.54, 1.807) is 34.5 Å². The van der Waals surface area contributed by atoms with Crippen molar-refractivity contribution in [3.05, 3.63) is 83.1 Å². The molecule has 3 fully saturated rings. The Bertz CT molecular complexity index is 1580. The number of nitrogens with zero attached hydrogens (tertiary/aromatic N) is 4. The van der Waals surface area contributed by atoms with Crippen LogP contribution >= 0.6 is 11.6 Å². The van der Waals surface area contributed by atoms with Crippen molar-refractivity contribution in [2.45, 2.75) is 42.3 Å². The molecule has 1 amide bonds. The Hall–Kier alpha value is -3.34. The number of ether oxygens (including phenoxy) is 1. The van der Waals surface area contributed by atoms with Crippen LogP contribution in [0.25, 0.3) is 0 Å². The number of para-hydroxylation sites is 1. The zero-order chi connectivity index (χ0) is 29.6. The lowest BCUT2D eigenvalue weighted by Gasteiger charge is -2.43. The van der Waals surface area contributed by atoms with Gasteiger partial charge in [-0.25, -0.2) is 12.8 Å². The number of rotatable bonds is 7. The first-order chi connectivity index (χ1) is 20.2. The number of halogens is 2. The van der Waals surface area contributed by atoms with Gasteiger partial charge >= 0.3 is 0 Å². The van der Waals surface area contributed by atoms with Crippen molar-refractivity contribution in [2.75, 3.05) is 50.1 Å².